The first-order chi connectivity index (χ1) is 19.7. The molecule has 1 saturated heterocycles. The van der Waals surface area contributed by atoms with Gasteiger partial charge in [-0.05, 0) is 56.9 Å². The van der Waals surface area contributed by atoms with Crippen molar-refractivity contribution in [2.75, 3.05) is 18.0 Å². The van der Waals surface area contributed by atoms with Gasteiger partial charge in [0.25, 0.3) is 5.56 Å². The molecular weight excluding hydrogens is 542 g/mol. The zero-order chi connectivity index (χ0) is 29.0. The third kappa shape index (κ3) is 4.36. The highest BCUT2D eigenvalue weighted by molar-refractivity contribution is 6.35. The van der Waals surface area contributed by atoms with Gasteiger partial charge in [0.05, 0.1) is 21.9 Å². The molecule has 0 aliphatic carbocycles. The number of rotatable bonds is 6. The Labute approximate surface area is 241 Å². The van der Waals surface area contributed by atoms with Crippen molar-refractivity contribution in [1.82, 2.24) is 28.5 Å². The summed E-state index contributed by atoms with van der Waals surface area (Å²) in [6.45, 7) is 8.49. The molecule has 0 saturated carbocycles. The van der Waals surface area contributed by atoms with Gasteiger partial charge >= 0.3 is 11.4 Å². The van der Waals surface area contributed by atoms with Crippen molar-refractivity contribution in [2.45, 2.75) is 65.6 Å². The van der Waals surface area contributed by atoms with Crippen molar-refractivity contribution in [3.8, 4) is 0 Å². The second-order valence-electron chi connectivity index (χ2n) is 11.0. The Bertz CT molecular complexity index is 1990. The number of halogens is 1. The smallest absolute Gasteiger partial charge is 0.331 e. The number of anilines is 1. The molecule has 11 heteroatoms. The van der Waals surface area contributed by atoms with Crippen molar-refractivity contribution in [1.29, 1.82) is 0 Å². The van der Waals surface area contributed by atoms with Crippen LogP contribution in [0.2, 0.25) is 5.15 Å². The first-order valence-corrected chi connectivity index (χ1v) is 14.7. The number of fused-ring (bicyclic) bond motifs is 3. The predicted molar refractivity (Wildman–Crippen MR) is 164 cm³/mol. The number of aromatic nitrogens is 6. The van der Waals surface area contributed by atoms with Crippen LogP contribution in [0.5, 0.6) is 0 Å². The second kappa shape index (κ2) is 10.5. The molecule has 0 bridgehead atoms. The zero-order valence-electron chi connectivity index (χ0n) is 23.9. The number of aryl methyl sites for hydroxylation is 4. The van der Waals surface area contributed by atoms with E-state index < -0.39 is 0 Å². The van der Waals surface area contributed by atoms with Crippen LogP contribution in [-0.4, -0.2) is 41.6 Å². The molecule has 1 aliphatic rings. The molecule has 0 spiro atoms. The predicted octanol–water partition coefficient (Wildman–Crippen LogP) is 4.38. The molecule has 0 radical (unpaired) electrons. The second-order valence-corrected chi connectivity index (χ2v) is 11.4. The van der Waals surface area contributed by atoms with Gasteiger partial charge in [-0.2, -0.15) is 0 Å². The van der Waals surface area contributed by atoms with Gasteiger partial charge < -0.3 is 4.90 Å². The van der Waals surface area contributed by atoms with Crippen LogP contribution in [0, 0.1) is 6.92 Å². The van der Waals surface area contributed by atoms with Gasteiger partial charge in [-0.15, -0.1) is 10.2 Å². The summed E-state index contributed by atoms with van der Waals surface area (Å²) in [5.74, 6) is 0.692. The maximum absolute atomic E-state index is 13.5. The average Bonchev–Trinajstić information content (AvgIpc) is 3.22. The van der Waals surface area contributed by atoms with Gasteiger partial charge in [0.15, 0.2) is 11.0 Å². The Morgan fingerprint density at radius 2 is 1.46 bits per heavy atom. The number of piperidine rings is 1. The number of hydrogen-bond donors (Lipinski definition) is 0. The van der Waals surface area contributed by atoms with Crippen molar-refractivity contribution >= 4 is 50.1 Å². The van der Waals surface area contributed by atoms with Crippen LogP contribution in [0.3, 0.4) is 0 Å². The minimum atomic E-state index is -0.297. The largest absolute Gasteiger partial charge is 0.354 e. The molecule has 1 aliphatic heterocycles. The Morgan fingerprint density at radius 3 is 2.10 bits per heavy atom. The van der Waals surface area contributed by atoms with Gasteiger partial charge in [-0.25, -0.2) is 9.59 Å². The van der Waals surface area contributed by atoms with E-state index in [0.29, 0.717) is 60.9 Å². The minimum absolute atomic E-state index is 0.0176. The Balaban J connectivity index is 1.40. The summed E-state index contributed by atoms with van der Waals surface area (Å²) in [5, 5.41) is 11.2. The Kier molecular flexibility index (Phi) is 6.97. The molecule has 41 heavy (non-hydrogen) atoms. The molecule has 214 valence electrons. The highest BCUT2D eigenvalue weighted by Crippen LogP contribution is 2.34. The summed E-state index contributed by atoms with van der Waals surface area (Å²) in [7, 11) is 1.72. The van der Waals surface area contributed by atoms with Crippen LogP contribution in [0.25, 0.3) is 32.7 Å². The molecular formula is C30H34ClN7O3. The molecule has 4 heterocycles. The number of nitrogens with zero attached hydrogens (tertiary/aromatic N) is 7. The van der Waals surface area contributed by atoms with E-state index in [2.05, 4.69) is 28.9 Å². The molecule has 0 N–H and O–H groups in total. The fourth-order valence-electron chi connectivity index (χ4n) is 6.28. The Morgan fingerprint density at radius 1 is 0.829 bits per heavy atom. The topological polar surface area (TPSA) is 100.0 Å². The van der Waals surface area contributed by atoms with Crippen LogP contribution in [0.1, 0.15) is 51.1 Å². The lowest BCUT2D eigenvalue weighted by Gasteiger charge is -2.33. The van der Waals surface area contributed by atoms with Crippen molar-refractivity contribution in [2.24, 2.45) is 7.05 Å². The average molecular weight is 576 g/mol. The normalized spacial score (nSPS) is 14.6. The summed E-state index contributed by atoms with van der Waals surface area (Å²) in [4.78, 5) is 42.2. The molecule has 5 aromatic rings. The van der Waals surface area contributed by atoms with E-state index in [4.69, 9.17) is 11.6 Å². The molecule has 1 fully saturated rings. The van der Waals surface area contributed by atoms with E-state index >= 15 is 0 Å². The maximum Gasteiger partial charge on any atom is 0.331 e. The van der Waals surface area contributed by atoms with Gasteiger partial charge in [0.2, 0.25) is 0 Å². The Hall–Kier alpha value is -3.92. The van der Waals surface area contributed by atoms with Gasteiger partial charge in [0.1, 0.15) is 0 Å². The van der Waals surface area contributed by atoms with Gasteiger partial charge in [0, 0.05) is 50.0 Å². The maximum atomic E-state index is 13.5. The molecule has 0 unspecified atom stereocenters. The first-order valence-electron chi connectivity index (χ1n) is 14.3. The highest BCUT2D eigenvalue weighted by atomic mass is 35.5. The van der Waals surface area contributed by atoms with Gasteiger partial charge in [-0.1, -0.05) is 37.1 Å². The lowest BCUT2D eigenvalue weighted by Crippen LogP contribution is -2.45. The lowest BCUT2D eigenvalue weighted by atomic mass is 10.0. The SMILES string of the molecule is CCCn1c(=O)n(CCC)c2cc3c(N4CCC(n5c(=O)c6cc(C)ccc6n(C)c5=O)CC4)nnc(Cl)c3cc21. The summed E-state index contributed by atoms with van der Waals surface area (Å²) in [6.07, 6.45) is 2.89. The summed E-state index contributed by atoms with van der Waals surface area (Å²) in [5.41, 5.74) is 2.77. The van der Waals surface area contributed by atoms with Crippen LogP contribution >= 0.6 is 11.6 Å². The monoisotopic (exact) mass is 575 g/mol. The van der Waals surface area contributed by atoms with Crippen LogP contribution in [0.4, 0.5) is 5.82 Å². The summed E-state index contributed by atoms with van der Waals surface area (Å²) < 4.78 is 6.63. The number of benzene rings is 2. The molecule has 6 rings (SSSR count). The molecule has 10 nitrogen and oxygen atoms in total. The third-order valence-electron chi connectivity index (χ3n) is 8.33. The quantitative estimate of drug-likeness (QED) is 0.298. The lowest BCUT2D eigenvalue weighted by molar-refractivity contribution is 0.370. The molecule has 2 aromatic carbocycles. The zero-order valence-corrected chi connectivity index (χ0v) is 24.6. The van der Waals surface area contributed by atoms with E-state index in [-0.39, 0.29) is 23.0 Å². The summed E-state index contributed by atoms with van der Waals surface area (Å²) in [6, 6.07) is 9.35. The van der Waals surface area contributed by atoms with E-state index in [1.165, 1.54) is 4.57 Å². The molecule has 3 aromatic heterocycles. The molecule has 0 atom stereocenters. The van der Waals surface area contributed by atoms with Crippen molar-refractivity contribution in [3.63, 3.8) is 0 Å². The van der Waals surface area contributed by atoms with E-state index in [1.807, 2.05) is 46.4 Å². The first kappa shape index (κ1) is 27.3. The van der Waals surface area contributed by atoms with Crippen LogP contribution in [0.15, 0.2) is 44.7 Å². The van der Waals surface area contributed by atoms with Gasteiger partial charge in [-0.3, -0.25) is 23.1 Å². The third-order valence-corrected chi connectivity index (χ3v) is 8.61. The summed E-state index contributed by atoms with van der Waals surface area (Å²) >= 11 is 6.56. The fourth-order valence-corrected chi connectivity index (χ4v) is 6.48. The van der Waals surface area contributed by atoms with Crippen molar-refractivity contribution in [3.05, 3.63) is 72.4 Å². The fraction of sp³-hybridized carbons (Fsp3) is 0.433. The standard InChI is InChI=1S/C30H34ClN7O3/c1-5-11-36-24-16-20-21(17-25(24)37(12-6-2)30(36)41)27(33-32-26(20)31)35-13-9-19(10-14-35)38-28(39)22-15-18(3)7-8-23(22)34(4)29(38)40/h7-8,15-17,19H,5-6,9-14H2,1-4H3. The van der Waals surface area contributed by atoms with E-state index in [9.17, 15) is 14.4 Å². The number of imidazole rings is 1. The van der Waals surface area contributed by atoms with Crippen LogP contribution in [-0.2, 0) is 20.1 Å². The number of hydrogen-bond acceptors (Lipinski definition) is 6. The highest BCUT2D eigenvalue weighted by Gasteiger charge is 2.27. The molecule has 0 amide bonds. The van der Waals surface area contributed by atoms with Crippen LogP contribution < -0.4 is 21.8 Å². The van der Waals surface area contributed by atoms with Crippen molar-refractivity contribution < 1.29 is 0 Å². The van der Waals surface area contributed by atoms with E-state index in [0.717, 1.165) is 40.2 Å². The van der Waals surface area contributed by atoms with E-state index in [1.54, 1.807) is 11.6 Å². The minimum Gasteiger partial charge on any atom is -0.354 e.